The van der Waals surface area contributed by atoms with Gasteiger partial charge in [-0.15, -0.1) is 0 Å². The summed E-state index contributed by atoms with van der Waals surface area (Å²) in [5.74, 6) is 3.21. The standard InChI is InChI=1S/C24H29N5/c1-18-12-14-29(15-13-18)22-10-8-21(9-11-22)28-24-16-23(26-19(2)27-24)25-17-20-6-4-3-5-7-20/h3-11,16,18H,12-15,17H2,1-2H3,(H2,25,26,27,28). The van der Waals surface area contributed by atoms with Gasteiger partial charge < -0.3 is 15.5 Å². The van der Waals surface area contributed by atoms with E-state index < -0.39 is 0 Å². The third-order valence-corrected chi connectivity index (χ3v) is 5.44. The largest absolute Gasteiger partial charge is 0.372 e. The van der Waals surface area contributed by atoms with Gasteiger partial charge in [0, 0.05) is 37.1 Å². The van der Waals surface area contributed by atoms with E-state index in [0.717, 1.165) is 48.7 Å². The van der Waals surface area contributed by atoms with Crippen molar-refractivity contribution in [3.8, 4) is 0 Å². The first-order chi connectivity index (χ1) is 14.2. The number of benzene rings is 2. The van der Waals surface area contributed by atoms with Crippen LogP contribution in [0.1, 0.15) is 31.2 Å². The van der Waals surface area contributed by atoms with E-state index in [1.165, 1.54) is 24.1 Å². The zero-order chi connectivity index (χ0) is 20.1. The average Bonchev–Trinajstić information content (AvgIpc) is 2.74. The van der Waals surface area contributed by atoms with Crippen molar-refractivity contribution in [2.75, 3.05) is 28.6 Å². The SMILES string of the molecule is Cc1nc(NCc2ccccc2)cc(Nc2ccc(N3CCC(C)CC3)cc2)n1. The molecule has 4 rings (SSSR count). The second-order valence-corrected chi connectivity index (χ2v) is 7.87. The van der Waals surface area contributed by atoms with Crippen LogP contribution in [0, 0.1) is 12.8 Å². The predicted molar refractivity (Wildman–Crippen MR) is 121 cm³/mol. The Morgan fingerprint density at radius 2 is 1.62 bits per heavy atom. The van der Waals surface area contributed by atoms with Crippen LogP contribution < -0.4 is 15.5 Å². The van der Waals surface area contributed by atoms with Crippen LogP contribution in [0.15, 0.2) is 60.7 Å². The molecular formula is C24H29N5. The Kier molecular flexibility index (Phi) is 5.94. The van der Waals surface area contributed by atoms with E-state index in [2.05, 4.69) is 68.8 Å². The molecule has 0 unspecified atom stereocenters. The summed E-state index contributed by atoms with van der Waals surface area (Å²) in [6, 6.07) is 20.9. The minimum Gasteiger partial charge on any atom is -0.372 e. The summed E-state index contributed by atoms with van der Waals surface area (Å²) in [5.41, 5.74) is 3.55. The normalized spacial score (nSPS) is 14.6. The van der Waals surface area contributed by atoms with Gasteiger partial charge in [0.2, 0.25) is 0 Å². The molecule has 29 heavy (non-hydrogen) atoms. The number of aromatic nitrogens is 2. The van der Waals surface area contributed by atoms with Gasteiger partial charge in [-0.05, 0) is 55.5 Å². The number of aryl methyl sites for hydroxylation is 1. The maximum Gasteiger partial charge on any atom is 0.136 e. The van der Waals surface area contributed by atoms with Crippen molar-refractivity contribution in [1.29, 1.82) is 0 Å². The summed E-state index contributed by atoms with van der Waals surface area (Å²) in [7, 11) is 0. The van der Waals surface area contributed by atoms with Crippen LogP contribution >= 0.6 is 0 Å². The number of hydrogen-bond donors (Lipinski definition) is 2. The van der Waals surface area contributed by atoms with E-state index in [4.69, 9.17) is 0 Å². The van der Waals surface area contributed by atoms with Crippen LogP contribution in [0.4, 0.5) is 23.0 Å². The van der Waals surface area contributed by atoms with Crippen LogP contribution in [-0.2, 0) is 6.54 Å². The molecule has 150 valence electrons. The highest BCUT2D eigenvalue weighted by atomic mass is 15.1. The van der Waals surface area contributed by atoms with Gasteiger partial charge in [0.25, 0.3) is 0 Å². The lowest BCUT2D eigenvalue weighted by molar-refractivity contribution is 0.438. The first kappa shape index (κ1) is 19.2. The van der Waals surface area contributed by atoms with Crippen molar-refractivity contribution in [3.05, 3.63) is 72.1 Å². The number of rotatable bonds is 6. The number of nitrogens with zero attached hydrogens (tertiary/aromatic N) is 3. The van der Waals surface area contributed by atoms with E-state index >= 15 is 0 Å². The molecule has 5 heteroatoms. The fourth-order valence-electron chi connectivity index (χ4n) is 3.68. The Bertz CT molecular complexity index is 916. The molecule has 2 N–H and O–H groups in total. The summed E-state index contributed by atoms with van der Waals surface area (Å²) >= 11 is 0. The Hall–Kier alpha value is -3.08. The molecular weight excluding hydrogens is 358 g/mol. The van der Waals surface area contributed by atoms with Crippen LogP contribution in [0.25, 0.3) is 0 Å². The second kappa shape index (κ2) is 8.95. The molecule has 1 aliphatic heterocycles. The van der Waals surface area contributed by atoms with Gasteiger partial charge >= 0.3 is 0 Å². The number of anilines is 4. The molecule has 0 radical (unpaired) electrons. The third-order valence-electron chi connectivity index (χ3n) is 5.44. The van der Waals surface area contributed by atoms with Crippen LogP contribution in [0.2, 0.25) is 0 Å². The summed E-state index contributed by atoms with van der Waals surface area (Å²) in [5, 5.41) is 6.80. The summed E-state index contributed by atoms with van der Waals surface area (Å²) in [6.45, 7) is 7.29. The Morgan fingerprint density at radius 3 is 2.34 bits per heavy atom. The molecule has 0 atom stereocenters. The van der Waals surface area contributed by atoms with Crippen molar-refractivity contribution in [2.24, 2.45) is 5.92 Å². The first-order valence-corrected chi connectivity index (χ1v) is 10.4. The molecule has 1 saturated heterocycles. The topological polar surface area (TPSA) is 53.1 Å². The zero-order valence-electron chi connectivity index (χ0n) is 17.2. The van der Waals surface area contributed by atoms with E-state index in [-0.39, 0.29) is 0 Å². The summed E-state index contributed by atoms with van der Waals surface area (Å²) < 4.78 is 0. The molecule has 0 aliphatic carbocycles. The van der Waals surface area contributed by atoms with Gasteiger partial charge in [0.15, 0.2) is 0 Å². The lowest BCUT2D eigenvalue weighted by Crippen LogP contribution is -2.32. The van der Waals surface area contributed by atoms with Crippen molar-refractivity contribution in [1.82, 2.24) is 9.97 Å². The molecule has 0 saturated carbocycles. The fourth-order valence-corrected chi connectivity index (χ4v) is 3.68. The Morgan fingerprint density at radius 1 is 0.931 bits per heavy atom. The summed E-state index contributed by atoms with van der Waals surface area (Å²) in [4.78, 5) is 11.5. The fraction of sp³-hybridized carbons (Fsp3) is 0.333. The Balaban J connectivity index is 1.40. The van der Waals surface area contributed by atoms with E-state index in [1.807, 2.05) is 31.2 Å². The molecule has 5 nitrogen and oxygen atoms in total. The minimum atomic E-state index is 0.736. The lowest BCUT2D eigenvalue weighted by Gasteiger charge is -2.32. The molecule has 0 spiro atoms. The quantitative estimate of drug-likeness (QED) is 0.595. The average molecular weight is 388 g/mol. The second-order valence-electron chi connectivity index (χ2n) is 7.87. The van der Waals surface area contributed by atoms with Crippen LogP contribution in [0.3, 0.4) is 0 Å². The molecule has 1 aliphatic rings. The van der Waals surface area contributed by atoms with Gasteiger partial charge in [-0.1, -0.05) is 37.3 Å². The van der Waals surface area contributed by atoms with E-state index in [1.54, 1.807) is 0 Å². The van der Waals surface area contributed by atoms with Crippen LogP contribution in [-0.4, -0.2) is 23.1 Å². The highest BCUT2D eigenvalue weighted by Crippen LogP contribution is 2.25. The van der Waals surface area contributed by atoms with Crippen molar-refractivity contribution >= 4 is 23.0 Å². The van der Waals surface area contributed by atoms with Gasteiger partial charge in [0.1, 0.15) is 17.5 Å². The van der Waals surface area contributed by atoms with Crippen molar-refractivity contribution in [2.45, 2.75) is 33.2 Å². The van der Waals surface area contributed by atoms with Gasteiger partial charge in [-0.2, -0.15) is 0 Å². The highest BCUT2D eigenvalue weighted by molar-refractivity contribution is 5.62. The van der Waals surface area contributed by atoms with Gasteiger partial charge in [-0.25, -0.2) is 9.97 Å². The van der Waals surface area contributed by atoms with Crippen molar-refractivity contribution < 1.29 is 0 Å². The summed E-state index contributed by atoms with van der Waals surface area (Å²) in [6.07, 6.45) is 2.55. The highest BCUT2D eigenvalue weighted by Gasteiger charge is 2.15. The molecule has 1 fully saturated rings. The molecule has 2 heterocycles. The number of nitrogens with one attached hydrogen (secondary N) is 2. The molecule has 3 aromatic rings. The van der Waals surface area contributed by atoms with Gasteiger partial charge in [-0.3, -0.25) is 0 Å². The molecule has 2 aromatic carbocycles. The van der Waals surface area contributed by atoms with Gasteiger partial charge in [0.05, 0.1) is 0 Å². The molecule has 0 amide bonds. The third kappa shape index (κ3) is 5.25. The maximum absolute atomic E-state index is 4.53. The number of piperidine rings is 1. The molecule has 1 aromatic heterocycles. The lowest BCUT2D eigenvalue weighted by atomic mass is 9.99. The maximum atomic E-state index is 4.53. The van der Waals surface area contributed by atoms with E-state index in [0.29, 0.717) is 0 Å². The minimum absolute atomic E-state index is 0.736. The number of hydrogen-bond acceptors (Lipinski definition) is 5. The molecule has 0 bridgehead atoms. The monoisotopic (exact) mass is 387 g/mol. The van der Waals surface area contributed by atoms with Crippen molar-refractivity contribution in [3.63, 3.8) is 0 Å². The predicted octanol–water partition coefficient (Wildman–Crippen LogP) is 5.38. The Labute approximate surface area is 173 Å². The zero-order valence-corrected chi connectivity index (χ0v) is 17.2. The first-order valence-electron chi connectivity index (χ1n) is 10.4. The van der Waals surface area contributed by atoms with E-state index in [9.17, 15) is 0 Å². The smallest absolute Gasteiger partial charge is 0.136 e. The van der Waals surface area contributed by atoms with Crippen LogP contribution in [0.5, 0.6) is 0 Å².